The van der Waals surface area contributed by atoms with Crippen molar-refractivity contribution in [3.8, 4) is 0 Å². The quantitative estimate of drug-likeness (QED) is 0.570. The van der Waals surface area contributed by atoms with Crippen molar-refractivity contribution >= 4 is 28.8 Å². The summed E-state index contributed by atoms with van der Waals surface area (Å²) in [6.07, 6.45) is 1.54. The van der Waals surface area contributed by atoms with Crippen molar-refractivity contribution in [2.45, 2.75) is 31.5 Å². The van der Waals surface area contributed by atoms with Gasteiger partial charge < -0.3 is 9.64 Å². The smallest absolute Gasteiger partial charge is 0.377 e. The van der Waals surface area contributed by atoms with Crippen molar-refractivity contribution in [2.75, 3.05) is 42.6 Å². The summed E-state index contributed by atoms with van der Waals surface area (Å²) in [6.45, 7) is 2.68. The normalized spacial score (nSPS) is 21.0. The van der Waals surface area contributed by atoms with Crippen LogP contribution < -0.4 is 9.80 Å². The number of amides is 1. The molecule has 10 nitrogen and oxygen atoms in total. The average Bonchev–Trinajstić information content (AvgIpc) is 3.34. The van der Waals surface area contributed by atoms with Gasteiger partial charge in [0.2, 0.25) is 11.9 Å². The summed E-state index contributed by atoms with van der Waals surface area (Å²) in [4.78, 5) is 33.5. The maximum Gasteiger partial charge on any atom is 0.433 e. The fourth-order valence-electron chi connectivity index (χ4n) is 4.87. The topological polar surface area (TPSA) is 102 Å². The Hall–Kier alpha value is -3.35. The molecule has 0 bridgehead atoms. The lowest BCUT2D eigenvalue weighted by Gasteiger charge is -2.38. The number of hydrogen-bond acceptors (Lipinski definition) is 8. The minimum atomic E-state index is -4.59. The highest BCUT2D eigenvalue weighted by Crippen LogP contribution is 2.43. The highest BCUT2D eigenvalue weighted by Gasteiger charge is 2.49. The van der Waals surface area contributed by atoms with Gasteiger partial charge in [0.05, 0.1) is 31.0 Å². The lowest BCUT2D eigenvalue weighted by Crippen LogP contribution is -2.45. The SMILES string of the molecule is O=C1N(c2nccc(C(F)(F)F)n2)CCC12CCN(c1cnc3cnn(C4COC4)c3n1)CC2. The number of carbonyl (C=O) groups is 1. The number of rotatable bonds is 3. The molecule has 3 aliphatic heterocycles. The second-order valence-electron chi connectivity index (χ2n) is 8.93. The molecule has 0 atom stereocenters. The van der Waals surface area contributed by atoms with Crippen molar-refractivity contribution in [1.29, 1.82) is 0 Å². The van der Waals surface area contributed by atoms with Crippen LogP contribution in [0.25, 0.3) is 11.2 Å². The standard InChI is InChI=1S/C21H21F3N8O2/c22-21(23,24)15-1-5-25-19(28-15)31-8-4-20(18(31)33)2-6-30(7-3-20)16-10-26-14-9-27-32(17(14)29-16)13-11-34-12-13/h1,5,9-10,13H,2-4,6-8,11-12H2. The first-order chi connectivity index (χ1) is 16.3. The van der Waals surface area contributed by atoms with E-state index >= 15 is 0 Å². The van der Waals surface area contributed by atoms with Gasteiger partial charge >= 0.3 is 6.18 Å². The van der Waals surface area contributed by atoms with Crippen LogP contribution in [-0.2, 0) is 15.7 Å². The molecule has 0 aliphatic carbocycles. The molecule has 1 spiro atoms. The molecular weight excluding hydrogens is 453 g/mol. The number of fused-ring (bicyclic) bond motifs is 1. The zero-order valence-corrected chi connectivity index (χ0v) is 18.1. The number of hydrogen-bond donors (Lipinski definition) is 0. The van der Waals surface area contributed by atoms with Crippen molar-refractivity contribution in [1.82, 2.24) is 29.7 Å². The molecule has 178 valence electrons. The molecule has 13 heteroatoms. The molecule has 34 heavy (non-hydrogen) atoms. The summed E-state index contributed by atoms with van der Waals surface area (Å²) in [6, 6.07) is 0.965. The Bertz CT molecular complexity index is 1250. The predicted molar refractivity (Wildman–Crippen MR) is 113 cm³/mol. The van der Waals surface area contributed by atoms with E-state index < -0.39 is 17.3 Å². The molecule has 0 aromatic carbocycles. The minimum absolute atomic E-state index is 0.159. The number of ether oxygens (including phenoxy) is 1. The lowest BCUT2D eigenvalue weighted by molar-refractivity contribution is -0.141. The van der Waals surface area contributed by atoms with Crippen molar-refractivity contribution in [3.05, 3.63) is 30.4 Å². The van der Waals surface area contributed by atoms with Crippen molar-refractivity contribution in [2.24, 2.45) is 5.41 Å². The number of carbonyl (C=O) groups excluding carboxylic acids is 1. The molecule has 6 rings (SSSR count). The van der Waals surface area contributed by atoms with Gasteiger partial charge in [-0.05, 0) is 25.3 Å². The first-order valence-electron chi connectivity index (χ1n) is 11.1. The van der Waals surface area contributed by atoms with Gasteiger partial charge in [0, 0.05) is 25.8 Å². The summed E-state index contributed by atoms with van der Waals surface area (Å²) >= 11 is 0. The average molecular weight is 474 g/mol. The molecule has 3 aromatic rings. The van der Waals surface area contributed by atoms with E-state index in [1.54, 1.807) is 12.4 Å². The Kier molecular flexibility index (Phi) is 4.73. The first kappa shape index (κ1) is 21.2. The number of piperidine rings is 1. The number of alkyl halides is 3. The van der Waals surface area contributed by atoms with Gasteiger partial charge in [0.15, 0.2) is 5.65 Å². The van der Waals surface area contributed by atoms with E-state index in [9.17, 15) is 18.0 Å². The van der Waals surface area contributed by atoms with Crippen LogP contribution >= 0.6 is 0 Å². The molecule has 3 aliphatic rings. The zero-order valence-electron chi connectivity index (χ0n) is 18.1. The highest BCUT2D eigenvalue weighted by molar-refractivity contribution is 5.98. The Balaban J connectivity index is 1.18. The first-order valence-corrected chi connectivity index (χ1v) is 11.1. The van der Waals surface area contributed by atoms with Crippen LogP contribution in [0.4, 0.5) is 24.9 Å². The van der Waals surface area contributed by atoms with Gasteiger partial charge in [-0.3, -0.25) is 9.69 Å². The summed E-state index contributed by atoms with van der Waals surface area (Å²) in [7, 11) is 0. The van der Waals surface area contributed by atoms with Crippen LogP contribution in [0.15, 0.2) is 24.7 Å². The van der Waals surface area contributed by atoms with E-state index in [1.165, 1.54) is 4.90 Å². The molecule has 0 radical (unpaired) electrons. The largest absolute Gasteiger partial charge is 0.433 e. The van der Waals surface area contributed by atoms with E-state index in [4.69, 9.17) is 9.72 Å². The van der Waals surface area contributed by atoms with Crippen LogP contribution in [0.2, 0.25) is 0 Å². The third-order valence-corrected chi connectivity index (χ3v) is 6.99. The van der Waals surface area contributed by atoms with Crippen LogP contribution in [-0.4, -0.2) is 68.5 Å². The fraction of sp³-hybridized carbons (Fsp3) is 0.524. The zero-order chi connectivity index (χ0) is 23.5. The summed E-state index contributed by atoms with van der Waals surface area (Å²) in [5, 5.41) is 4.39. The summed E-state index contributed by atoms with van der Waals surface area (Å²) in [5.74, 6) is 0.313. The molecule has 3 aromatic heterocycles. The van der Waals surface area contributed by atoms with Crippen LogP contribution in [0.1, 0.15) is 31.0 Å². The number of nitrogens with zero attached hydrogens (tertiary/aromatic N) is 8. The molecule has 1 amide bonds. The monoisotopic (exact) mass is 474 g/mol. The highest BCUT2D eigenvalue weighted by atomic mass is 19.4. The maximum absolute atomic E-state index is 13.3. The molecule has 3 saturated heterocycles. The van der Waals surface area contributed by atoms with Crippen LogP contribution in [0, 0.1) is 5.41 Å². The van der Waals surface area contributed by atoms with Gasteiger partial charge in [0.25, 0.3) is 0 Å². The molecule has 3 fully saturated rings. The Labute approximate surface area is 191 Å². The fourth-order valence-corrected chi connectivity index (χ4v) is 4.87. The van der Waals surface area contributed by atoms with E-state index in [1.807, 2.05) is 4.68 Å². The van der Waals surface area contributed by atoms with E-state index in [0.717, 1.165) is 12.3 Å². The Morgan fingerprint density at radius 3 is 2.50 bits per heavy atom. The Morgan fingerprint density at radius 1 is 1.03 bits per heavy atom. The molecule has 0 saturated carbocycles. The second kappa shape index (κ2) is 7.58. The van der Waals surface area contributed by atoms with Gasteiger partial charge in [-0.2, -0.15) is 18.3 Å². The summed E-state index contributed by atoms with van der Waals surface area (Å²) < 4.78 is 46.3. The molecule has 0 N–H and O–H groups in total. The van der Waals surface area contributed by atoms with Crippen LogP contribution in [0.5, 0.6) is 0 Å². The number of aromatic nitrogens is 6. The van der Waals surface area contributed by atoms with E-state index in [-0.39, 0.29) is 17.9 Å². The third-order valence-electron chi connectivity index (χ3n) is 6.99. The Morgan fingerprint density at radius 2 is 1.79 bits per heavy atom. The molecule has 6 heterocycles. The van der Waals surface area contributed by atoms with Gasteiger partial charge in [0.1, 0.15) is 23.1 Å². The van der Waals surface area contributed by atoms with Crippen molar-refractivity contribution in [3.63, 3.8) is 0 Å². The van der Waals surface area contributed by atoms with E-state index in [2.05, 4.69) is 25.0 Å². The lowest BCUT2D eigenvalue weighted by atomic mass is 9.77. The summed E-state index contributed by atoms with van der Waals surface area (Å²) in [5.41, 5.74) is -0.262. The van der Waals surface area contributed by atoms with Crippen molar-refractivity contribution < 1.29 is 22.7 Å². The van der Waals surface area contributed by atoms with Gasteiger partial charge in [-0.25, -0.2) is 24.6 Å². The minimum Gasteiger partial charge on any atom is -0.377 e. The third kappa shape index (κ3) is 3.37. The van der Waals surface area contributed by atoms with E-state index in [0.29, 0.717) is 69.1 Å². The van der Waals surface area contributed by atoms with Crippen LogP contribution in [0.3, 0.4) is 0 Å². The molecular formula is C21H21F3N8O2. The van der Waals surface area contributed by atoms with Gasteiger partial charge in [-0.1, -0.05) is 0 Å². The number of anilines is 2. The van der Waals surface area contributed by atoms with Gasteiger partial charge in [-0.15, -0.1) is 0 Å². The second-order valence-corrected chi connectivity index (χ2v) is 8.93. The number of halogens is 3. The predicted octanol–water partition coefficient (Wildman–Crippen LogP) is 2.23. The molecule has 0 unspecified atom stereocenters. The maximum atomic E-state index is 13.3.